The lowest BCUT2D eigenvalue weighted by Crippen LogP contribution is -2.06. The molecule has 0 atom stereocenters. The van der Waals surface area contributed by atoms with E-state index in [1.807, 2.05) is 49.4 Å². The van der Waals surface area contributed by atoms with E-state index in [0.717, 1.165) is 41.5 Å². The van der Waals surface area contributed by atoms with Crippen molar-refractivity contribution in [3.63, 3.8) is 0 Å². The van der Waals surface area contributed by atoms with E-state index in [1.54, 1.807) is 38.1 Å². The molecular weight excluding hydrogens is 488 g/mol. The number of esters is 2. The van der Waals surface area contributed by atoms with Crippen LogP contribution in [0.5, 0.6) is 17.2 Å². The summed E-state index contributed by atoms with van der Waals surface area (Å²) in [5.41, 5.74) is 4.48. The first-order chi connectivity index (χ1) is 19.0. The molecule has 0 aromatic heterocycles. The summed E-state index contributed by atoms with van der Waals surface area (Å²) in [7, 11) is 0. The van der Waals surface area contributed by atoms with Crippen LogP contribution in [-0.4, -0.2) is 18.5 Å². The van der Waals surface area contributed by atoms with Crippen molar-refractivity contribution in [3.8, 4) is 39.5 Å². The van der Waals surface area contributed by atoms with Crippen LogP contribution in [0.2, 0.25) is 0 Å². The van der Waals surface area contributed by atoms with Crippen molar-refractivity contribution < 1.29 is 23.8 Å². The molecule has 3 aromatic carbocycles. The zero-order valence-corrected chi connectivity index (χ0v) is 23.1. The lowest BCUT2D eigenvalue weighted by molar-refractivity contribution is -0.129. The number of benzene rings is 3. The van der Waals surface area contributed by atoms with E-state index in [-0.39, 0.29) is 0 Å². The van der Waals surface area contributed by atoms with E-state index in [9.17, 15) is 9.59 Å². The molecule has 0 N–H and O–H groups in total. The second-order valence-electron chi connectivity index (χ2n) is 8.88. The van der Waals surface area contributed by atoms with Gasteiger partial charge in [0.2, 0.25) is 0 Å². The molecule has 0 saturated heterocycles. The predicted octanol–water partition coefficient (Wildman–Crippen LogP) is 8.28. The number of allylic oxidation sites excluding steroid dienone is 4. The molecule has 0 aliphatic rings. The molecule has 0 fully saturated rings. The minimum atomic E-state index is -0.458. The number of ether oxygens (including phenoxy) is 3. The third-order valence-corrected chi connectivity index (χ3v) is 5.89. The molecule has 0 radical (unpaired) electrons. The molecule has 0 saturated carbocycles. The summed E-state index contributed by atoms with van der Waals surface area (Å²) in [6.07, 6.45) is 12.9. The first kappa shape index (κ1) is 29.2. The fourth-order valence-electron chi connectivity index (χ4n) is 3.88. The summed E-state index contributed by atoms with van der Waals surface area (Å²) in [5.74, 6) is 0.653. The maximum absolute atomic E-state index is 12.5. The smallest absolute Gasteiger partial charge is 0.335 e. The summed E-state index contributed by atoms with van der Waals surface area (Å²) >= 11 is 0. The van der Waals surface area contributed by atoms with E-state index in [0.29, 0.717) is 23.9 Å². The highest BCUT2D eigenvalue weighted by atomic mass is 16.5. The van der Waals surface area contributed by atoms with E-state index in [4.69, 9.17) is 14.2 Å². The van der Waals surface area contributed by atoms with Gasteiger partial charge >= 0.3 is 11.9 Å². The molecule has 5 heteroatoms. The Bertz CT molecular complexity index is 1330. The van der Waals surface area contributed by atoms with Gasteiger partial charge in [0, 0.05) is 23.3 Å². The predicted molar refractivity (Wildman–Crippen MR) is 157 cm³/mol. The third kappa shape index (κ3) is 8.57. The molecular formula is C34H36O5. The summed E-state index contributed by atoms with van der Waals surface area (Å²) in [6.45, 7) is 8.20. The molecule has 0 spiro atoms. The van der Waals surface area contributed by atoms with Gasteiger partial charge < -0.3 is 14.2 Å². The lowest BCUT2D eigenvalue weighted by atomic mass is 9.96. The molecule has 202 valence electrons. The lowest BCUT2D eigenvalue weighted by Gasteiger charge is -2.18. The Labute approximate surface area is 231 Å². The van der Waals surface area contributed by atoms with Crippen LogP contribution >= 0.6 is 0 Å². The number of hydrogen-bond acceptors (Lipinski definition) is 5. The molecule has 3 aromatic rings. The first-order valence-electron chi connectivity index (χ1n) is 13.3. The fourth-order valence-corrected chi connectivity index (χ4v) is 3.88. The van der Waals surface area contributed by atoms with Crippen LogP contribution in [0.15, 0.2) is 97.1 Å². The molecule has 3 rings (SSSR count). The highest BCUT2D eigenvalue weighted by Gasteiger charge is 2.18. The normalized spacial score (nSPS) is 11.4. The van der Waals surface area contributed by atoms with Gasteiger partial charge in [0.1, 0.15) is 17.2 Å². The van der Waals surface area contributed by atoms with Crippen LogP contribution in [-0.2, 0) is 16.0 Å². The largest absolute Gasteiger partial charge is 0.493 e. The average molecular weight is 525 g/mol. The van der Waals surface area contributed by atoms with Crippen LogP contribution in [0.3, 0.4) is 0 Å². The standard InChI is InChI=1S/C34H36O5/c1-5-9-13-25-14-16-26(17-15-25)30-23-31(37-22-10-6-2)29(24-32(30)39-34(36)12-8-4)27-18-20-28(21-19-27)38-33(35)11-7-3/h5,7-9,11-12,14-21,23-24H,6,10,13,22H2,1-4H3/b9-5+,11-7+,12-8+. The fraction of sp³-hybridized carbons (Fsp3) is 0.235. The SMILES string of the molecule is C/C=C/Cc1ccc(-c2cc(OCCCC)c(-c3ccc(OC(=O)/C=C/C)cc3)cc2OC(=O)/C=C/C)cc1. The molecule has 39 heavy (non-hydrogen) atoms. The Kier molecular flexibility index (Phi) is 11.3. The van der Waals surface area contributed by atoms with E-state index >= 15 is 0 Å². The molecule has 0 bridgehead atoms. The third-order valence-electron chi connectivity index (χ3n) is 5.89. The zero-order chi connectivity index (χ0) is 28.0. The highest BCUT2D eigenvalue weighted by Crippen LogP contribution is 2.42. The Hall–Kier alpha value is -4.38. The molecule has 0 aliphatic heterocycles. The summed E-state index contributed by atoms with van der Waals surface area (Å²) in [5, 5.41) is 0. The maximum atomic E-state index is 12.5. The Morgan fingerprint density at radius 3 is 1.87 bits per heavy atom. The van der Waals surface area contributed by atoms with Crippen molar-refractivity contribution in [2.75, 3.05) is 6.61 Å². The molecule has 0 aliphatic carbocycles. The van der Waals surface area contributed by atoms with Crippen LogP contribution in [0.25, 0.3) is 22.3 Å². The molecule has 0 unspecified atom stereocenters. The minimum Gasteiger partial charge on any atom is -0.493 e. The number of unbranched alkanes of at least 4 members (excludes halogenated alkanes) is 1. The van der Waals surface area contributed by atoms with Gasteiger partial charge in [0.25, 0.3) is 0 Å². The monoisotopic (exact) mass is 524 g/mol. The topological polar surface area (TPSA) is 61.8 Å². The first-order valence-corrected chi connectivity index (χ1v) is 13.3. The Morgan fingerprint density at radius 2 is 1.28 bits per heavy atom. The average Bonchev–Trinajstić information content (AvgIpc) is 2.93. The minimum absolute atomic E-state index is 0.431. The van der Waals surface area contributed by atoms with Crippen LogP contribution in [0.1, 0.15) is 46.1 Å². The second-order valence-corrected chi connectivity index (χ2v) is 8.88. The van der Waals surface area contributed by atoms with Gasteiger partial charge in [0.05, 0.1) is 6.61 Å². The summed E-state index contributed by atoms with van der Waals surface area (Å²) in [4.78, 5) is 24.3. The van der Waals surface area contributed by atoms with Gasteiger partial charge in [-0.2, -0.15) is 0 Å². The highest BCUT2D eigenvalue weighted by molar-refractivity contribution is 5.88. The second kappa shape index (κ2) is 15.1. The van der Waals surface area contributed by atoms with E-state index < -0.39 is 11.9 Å². The van der Waals surface area contributed by atoms with Crippen LogP contribution < -0.4 is 14.2 Å². The Balaban J connectivity index is 2.09. The van der Waals surface area contributed by atoms with Gasteiger partial charge in [-0.25, -0.2) is 9.59 Å². The van der Waals surface area contributed by atoms with E-state index in [2.05, 4.69) is 25.1 Å². The molecule has 0 heterocycles. The van der Waals surface area contributed by atoms with Crippen LogP contribution in [0, 0.1) is 0 Å². The summed E-state index contributed by atoms with van der Waals surface area (Å²) in [6, 6.07) is 19.2. The maximum Gasteiger partial charge on any atom is 0.335 e. The molecule has 5 nitrogen and oxygen atoms in total. The van der Waals surface area contributed by atoms with Gasteiger partial charge in [-0.1, -0.05) is 74.0 Å². The van der Waals surface area contributed by atoms with Crippen molar-refractivity contribution in [2.45, 2.75) is 47.0 Å². The number of carbonyl (C=O) groups excluding carboxylic acids is 2. The van der Waals surface area contributed by atoms with Crippen molar-refractivity contribution in [2.24, 2.45) is 0 Å². The number of hydrogen-bond donors (Lipinski definition) is 0. The summed E-state index contributed by atoms with van der Waals surface area (Å²) < 4.78 is 17.4. The van der Waals surface area contributed by atoms with Crippen molar-refractivity contribution in [1.29, 1.82) is 0 Å². The van der Waals surface area contributed by atoms with Crippen molar-refractivity contribution in [1.82, 2.24) is 0 Å². The molecule has 0 amide bonds. The Morgan fingerprint density at radius 1 is 0.718 bits per heavy atom. The number of carbonyl (C=O) groups is 2. The van der Waals surface area contributed by atoms with Crippen molar-refractivity contribution >= 4 is 11.9 Å². The van der Waals surface area contributed by atoms with Crippen molar-refractivity contribution in [3.05, 3.63) is 103 Å². The van der Waals surface area contributed by atoms with Gasteiger partial charge in [-0.3, -0.25) is 0 Å². The zero-order valence-electron chi connectivity index (χ0n) is 23.1. The van der Waals surface area contributed by atoms with Gasteiger partial charge in [-0.15, -0.1) is 0 Å². The van der Waals surface area contributed by atoms with E-state index in [1.165, 1.54) is 17.7 Å². The van der Waals surface area contributed by atoms with Gasteiger partial charge in [-0.05, 0) is 74.6 Å². The van der Waals surface area contributed by atoms with Gasteiger partial charge in [0.15, 0.2) is 0 Å². The van der Waals surface area contributed by atoms with Crippen LogP contribution in [0.4, 0.5) is 0 Å². The number of rotatable bonds is 12. The quantitative estimate of drug-likeness (QED) is 0.0784.